The summed E-state index contributed by atoms with van der Waals surface area (Å²) >= 11 is 0. The fraction of sp³-hybridized carbons (Fsp3) is 0.111. The third-order valence-corrected chi connectivity index (χ3v) is 1.34. The van der Waals surface area contributed by atoms with Gasteiger partial charge in [0.15, 0.2) is 0 Å². The van der Waals surface area contributed by atoms with Gasteiger partial charge in [0.2, 0.25) is 11.3 Å². The lowest BCUT2D eigenvalue weighted by Crippen LogP contribution is -1.85. The molecular weight excluding hydrogens is 156 g/mol. The normalized spacial score (nSPS) is 10.6. The van der Waals surface area contributed by atoms with Crippen LogP contribution in [0.4, 0.5) is 0 Å². The van der Waals surface area contributed by atoms with Gasteiger partial charge in [-0.05, 0) is 12.1 Å². The average molecular weight is 165 g/mol. The first-order chi connectivity index (χ1) is 5.74. The van der Waals surface area contributed by atoms with Crippen LogP contribution in [0.5, 0.6) is 5.75 Å². The molecule has 0 amide bonds. The van der Waals surface area contributed by atoms with Crippen LogP contribution in [-0.2, 0) is 4.74 Å². The number of para-hydroxylation sites is 1. The third-order valence-electron chi connectivity index (χ3n) is 1.34. The minimum Gasteiger partial charge on any atom is -0.464 e. The van der Waals surface area contributed by atoms with Gasteiger partial charge in [-0.15, -0.1) is 0 Å². The van der Waals surface area contributed by atoms with Gasteiger partial charge in [0, 0.05) is 6.07 Å². The summed E-state index contributed by atoms with van der Waals surface area (Å²) in [4.78, 5) is 0. The number of aliphatic hydroxyl groups excluding tert-OH is 1. The summed E-state index contributed by atoms with van der Waals surface area (Å²) in [6.45, 7) is 0. The molecule has 1 aromatic rings. The number of benzene rings is 1. The molecule has 3 heteroatoms. The molecule has 0 heterocycles. The standard InChI is InChI=1S/C9H8O3/c1-12-9(11)6-7-4-2-3-5-8(7)10/h2-5H,1H3,(H-,10,11)/p+1. The fourth-order valence-electron chi connectivity index (χ4n) is 0.746. The van der Waals surface area contributed by atoms with E-state index < -0.39 is 0 Å². The van der Waals surface area contributed by atoms with Gasteiger partial charge in [-0.1, -0.05) is 0 Å². The Balaban J connectivity index is 2.96. The van der Waals surface area contributed by atoms with Crippen LogP contribution in [0.2, 0.25) is 0 Å². The first-order valence-corrected chi connectivity index (χ1v) is 3.39. The van der Waals surface area contributed by atoms with Crippen LogP contribution in [0.3, 0.4) is 0 Å². The highest BCUT2D eigenvalue weighted by Gasteiger charge is 2.09. The van der Waals surface area contributed by atoms with E-state index in [1.165, 1.54) is 13.2 Å². The number of methoxy groups -OCH3 is 1. The minimum absolute atomic E-state index is 0.0566. The predicted octanol–water partition coefficient (Wildman–Crippen LogP) is 1.59. The van der Waals surface area contributed by atoms with E-state index in [0.717, 1.165) is 0 Å². The van der Waals surface area contributed by atoms with Crippen molar-refractivity contribution in [1.29, 1.82) is 0 Å². The molecular formula is C9H9O3+. The summed E-state index contributed by atoms with van der Waals surface area (Å²) in [5.74, 6) is -0.294. The summed E-state index contributed by atoms with van der Waals surface area (Å²) in [5, 5.41) is 18.1. The maximum absolute atomic E-state index is 9.21. The summed E-state index contributed by atoms with van der Waals surface area (Å²) in [7, 11) is 1.32. The predicted molar refractivity (Wildman–Crippen MR) is 43.6 cm³/mol. The molecule has 0 atom stereocenters. The smallest absolute Gasteiger partial charge is 0.400 e. The lowest BCUT2D eigenvalue weighted by Gasteiger charge is -1.89. The Morgan fingerprint density at radius 3 is 2.67 bits per heavy atom. The number of phenolic OH excluding ortho intramolecular Hbond substituents is 1. The monoisotopic (exact) mass is 165 g/mol. The van der Waals surface area contributed by atoms with Crippen LogP contribution >= 0.6 is 0 Å². The number of aromatic hydroxyl groups is 1. The molecule has 0 aromatic heterocycles. The fourth-order valence-corrected chi connectivity index (χ4v) is 0.746. The van der Waals surface area contributed by atoms with Crippen molar-refractivity contribution in [3.8, 4) is 5.75 Å². The van der Waals surface area contributed by atoms with Crippen LogP contribution in [0, 0.1) is 6.08 Å². The summed E-state index contributed by atoms with van der Waals surface area (Å²) in [6.07, 6.45) is 2.46. The van der Waals surface area contributed by atoms with Gasteiger partial charge < -0.3 is 14.9 Å². The lowest BCUT2D eigenvalue weighted by atomic mass is 10.2. The van der Waals surface area contributed by atoms with Gasteiger partial charge in [-0.25, -0.2) is 0 Å². The number of aliphatic hydroxyl groups is 1. The Morgan fingerprint density at radius 1 is 1.42 bits per heavy atom. The highest BCUT2D eigenvalue weighted by molar-refractivity contribution is 5.36. The van der Waals surface area contributed by atoms with Gasteiger partial charge in [-0.2, -0.15) is 0 Å². The third kappa shape index (κ3) is 1.87. The second kappa shape index (κ2) is 3.60. The van der Waals surface area contributed by atoms with E-state index in [0.29, 0.717) is 5.56 Å². The molecule has 0 saturated carbocycles. The van der Waals surface area contributed by atoms with Crippen molar-refractivity contribution in [1.82, 2.24) is 0 Å². The Hall–Kier alpha value is -1.73. The zero-order chi connectivity index (χ0) is 8.97. The maximum atomic E-state index is 9.21. The second-order valence-electron chi connectivity index (χ2n) is 2.15. The number of ether oxygens (including phenoxy) is 1. The van der Waals surface area contributed by atoms with Crippen molar-refractivity contribution in [3.63, 3.8) is 0 Å². The van der Waals surface area contributed by atoms with Crippen molar-refractivity contribution in [3.05, 3.63) is 41.9 Å². The molecule has 2 N–H and O–H groups in total. The van der Waals surface area contributed by atoms with Crippen molar-refractivity contribution in [2.24, 2.45) is 0 Å². The molecule has 1 aromatic carbocycles. The van der Waals surface area contributed by atoms with E-state index >= 15 is 0 Å². The van der Waals surface area contributed by atoms with Crippen LogP contribution < -0.4 is 0 Å². The zero-order valence-corrected chi connectivity index (χ0v) is 6.61. The zero-order valence-electron chi connectivity index (χ0n) is 6.61. The van der Waals surface area contributed by atoms with Crippen LogP contribution in [0.15, 0.2) is 30.2 Å². The maximum Gasteiger partial charge on any atom is 0.400 e. The van der Waals surface area contributed by atoms with Crippen molar-refractivity contribution in [2.75, 3.05) is 7.11 Å². The number of rotatable bonds is 2. The van der Waals surface area contributed by atoms with Crippen LogP contribution in [0.1, 0.15) is 5.56 Å². The molecule has 0 spiro atoms. The molecule has 12 heavy (non-hydrogen) atoms. The summed E-state index contributed by atoms with van der Waals surface area (Å²) in [5.41, 5.74) is 0.400. The van der Waals surface area contributed by atoms with Crippen molar-refractivity contribution >= 4 is 0 Å². The highest BCUT2D eigenvalue weighted by Crippen LogP contribution is 2.16. The molecule has 62 valence electrons. The Labute approximate surface area is 70.5 Å². The molecule has 0 unspecified atom stereocenters. The lowest BCUT2D eigenvalue weighted by molar-refractivity contribution is 0.133. The summed E-state index contributed by atoms with van der Waals surface area (Å²) < 4.78 is 4.46. The molecule has 3 nitrogen and oxygen atoms in total. The van der Waals surface area contributed by atoms with E-state index in [2.05, 4.69) is 10.8 Å². The summed E-state index contributed by atoms with van der Waals surface area (Å²) in [6, 6.07) is 6.53. The molecule has 0 aliphatic rings. The van der Waals surface area contributed by atoms with E-state index in [1.807, 2.05) is 0 Å². The topological polar surface area (TPSA) is 49.7 Å². The number of hydrogen-bond donors (Lipinski definition) is 2. The Morgan fingerprint density at radius 2 is 2.08 bits per heavy atom. The molecule has 1 rings (SSSR count). The molecule has 0 aliphatic heterocycles. The molecule has 0 bridgehead atoms. The first-order valence-electron chi connectivity index (χ1n) is 3.39. The van der Waals surface area contributed by atoms with E-state index in [-0.39, 0.29) is 11.7 Å². The Kier molecular flexibility index (Phi) is 2.51. The number of phenols is 1. The molecule has 0 fully saturated rings. The number of hydrogen-bond acceptors (Lipinski definition) is 3. The average Bonchev–Trinajstić information content (AvgIpc) is 2.09. The largest absolute Gasteiger partial charge is 0.464 e. The molecule has 0 saturated heterocycles. The van der Waals surface area contributed by atoms with Crippen LogP contribution in [0.25, 0.3) is 0 Å². The minimum atomic E-state index is -0.350. The van der Waals surface area contributed by atoms with E-state index in [1.54, 1.807) is 18.2 Å². The second-order valence-corrected chi connectivity index (χ2v) is 2.15. The first kappa shape index (κ1) is 8.37. The van der Waals surface area contributed by atoms with Gasteiger partial charge in [-0.3, -0.25) is 0 Å². The van der Waals surface area contributed by atoms with Gasteiger partial charge >= 0.3 is 5.95 Å². The van der Waals surface area contributed by atoms with E-state index in [4.69, 9.17) is 5.11 Å². The SMILES string of the molecule is COC(O)=[C+]c1ccccc1O. The van der Waals surface area contributed by atoms with Gasteiger partial charge in [0.25, 0.3) is 0 Å². The quantitative estimate of drug-likeness (QED) is 0.516. The highest BCUT2D eigenvalue weighted by atomic mass is 16.6. The Bertz CT molecular complexity index is 292. The van der Waals surface area contributed by atoms with Crippen LogP contribution in [-0.4, -0.2) is 17.3 Å². The van der Waals surface area contributed by atoms with Crippen molar-refractivity contribution < 1.29 is 14.9 Å². The molecule has 0 aliphatic carbocycles. The van der Waals surface area contributed by atoms with E-state index in [9.17, 15) is 5.11 Å². The van der Waals surface area contributed by atoms with Gasteiger partial charge in [0.05, 0.1) is 13.2 Å². The molecule has 0 radical (unpaired) electrons. The van der Waals surface area contributed by atoms with Gasteiger partial charge in [0.1, 0.15) is 6.08 Å². The van der Waals surface area contributed by atoms with Crippen molar-refractivity contribution in [2.45, 2.75) is 0 Å².